The highest BCUT2D eigenvalue weighted by Crippen LogP contribution is 2.26. The van der Waals surface area contributed by atoms with Crippen LogP contribution in [0.5, 0.6) is 0 Å². The van der Waals surface area contributed by atoms with E-state index in [4.69, 9.17) is 4.55 Å². The minimum Gasteiger partial charge on any atom is -0.281 e. The summed E-state index contributed by atoms with van der Waals surface area (Å²) in [7, 11) is -4.30. The van der Waals surface area contributed by atoms with Gasteiger partial charge in [-0.15, -0.1) is 12.4 Å². The van der Waals surface area contributed by atoms with E-state index in [1.807, 2.05) is 0 Å². The second-order valence-corrected chi connectivity index (χ2v) is 4.54. The fourth-order valence-corrected chi connectivity index (χ4v) is 2.02. The Kier molecular flexibility index (Phi) is 3.79. The van der Waals surface area contributed by atoms with Crippen LogP contribution in [0, 0.1) is 10.1 Å². The fraction of sp³-hybridized carbons (Fsp3) is 0. The monoisotopic (exact) mass is 245 g/mol. The SMILES string of the molecule is Cl.O=[N+]([O-])c1ccc(S(=O)(=O)O)s1. The molecule has 0 radical (unpaired) electrons. The van der Waals surface area contributed by atoms with E-state index in [1.165, 1.54) is 0 Å². The molecule has 1 heterocycles. The van der Waals surface area contributed by atoms with Gasteiger partial charge in [0.25, 0.3) is 0 Å². The largest absolute Gasteiger partial charge is 0.325 e. The van der Waals surface area contributed by atoms with Gasteiger partial charge in [0.2, 0.25) is 0 Å². The maximum absolute atomic E-state index is 10.4. The first kappa shape index (κ1) is 12.3. The summed E-state index contributed by atoms with van der Waals surface area (Å²) in [6, 6.07) is 2.01. The highest BCUT2D eigenvalue weighted by Gasteiger charge is 2.17. The van der Waals surface area contributed by atoms with Crippen LogP contribution in [0.4, 0.5) is 5.00 Å². The molecule has 1 rings (SSSR count). The first-order valence-electron chi connectivity index (χ1n) is 2.63. The predicted molar refractivity (Wildman–Crippen MR) is 48.0 cm³/mol. The average molecular weight is 246 g/mol. The molecule has 0 amide bonds. The molecule has 0 saturated carbocycles. The second kappa shape index (κ2) is 4.01. The molecule has 0 aliphatic carbocycles. The van der Waals surface area contributed by atoms with Gasteiger partial charge >= 0.3 is 15.1 Å². The van der Waals surface area contributed by atoms with E-state index in [0.29, 0.717) is 11.3 Å². The third kappa shape index (κ3) is 2.92. The topological polar surface area (TPSA) is 97.5 Å². The second-order valence-electron chi connectivity index (χ2n) is 1.82. The zero-order valence-electron chi connectivity index (χ0n) is 5.91. The van der Waals surface area contributed by atoms with Crippen molar-refractivity contribution in [3.8, 4) is 0 Å². The van der Waals surface area contributed by atoms with E-state index in [1.54, 1.807) is 0 Å². The Hall–Kier alpha value is -0.700. The first-order chi connectivity index (χ1) is 5.41. The van der Waals surface area contributed by atoms with Crippen LogP contribution in [0.25, 0.3) is 0 Å². The maximum atomic E-state index is 10.4. The highest BCUT2D eigenvalue weighted by atomic mass is 35.5. The third-order valence-electron chi connectivity index (χ3n) is 1.00. The highest BCUT2D eigenvalue weighted by molar-refractivity contribution is 7.88. The standard InChI is InChI=1S/C4H3NO5S2.ClH/c6-5(7)3-1-2-4(11-3)12(8,9)10;/h1-2H,(H,8,9,10);1H. The lowest BCUT2D eigenvalue weighted by Gasteiger charge is -1.85. The van der Waals surface area contributed by atoms with Crippen LogP contribution in [0.2, 0.25) is 0 Å². The summed E-state index contributed by atoms with van der Waals surface area (Å²) in [6.45, 7) is 0. The molecule has 6 nitrogen and oxygen atoms in total. The lowest BCUT2D eigenvalue weighted by molar-refractivity contribution is -0.380. The molecule has 0 aliphatic heterocycles. The van der Waals surface area contributed by atoms with E-state index >= 15 is 0 Å². The van der Waals surface area contributed by atoms with E-state index in [-0.39, 0.29) is 17.4 Å². The first-order valence-corrected chi connectivity index (χ1v) is 4.88. The summed E-state index contributed by atoms with van der Waals surface area (Å²) in [6.07, 6.45) is 0. The van der Waals surface area contributed by atoms with Crippen molar-refractivity contribution in [1.82, 2.24) is 0 Å². The molecule has 1 N–H and O–H groups in total. The fourth-order valence-electron chi connectivity index (χ4n) is 0.547. The summed E-state index contributed by atoms with van der Waals surface area (Å²) in [4.78, 5) is 9.36. The van der Waals surface area contributed by atoms with Crippen molar-refractivity contribution in [2.24, 2.45) is 0 Å². The molecule has 0 fully saturated rings. The quantitative estimate of drug-likeness (QED) is 0.481. The van der Waals surface area contributed by atoms with Gasteiger partial charge in [0.1, 0.15) is 0 Å². The summed E-state index contributed by atoms with van der Waals surface area (Å²) in [5, 5.41) is 9.76. The molecule has 1 aromatic rings. The average Bonchev–Trinajstić information content (AvgIpc) is 2.30. The maximum Gasteiger partial charge on any atom is 0.325 e. The Morgan fingerprint density at radius 2 is 2.00 bits per heavy atom. The summed E-state index contributed by atoms with van der Waals surface area (Å²) in [5.74, 6) is 0. The lowest BCUT2D eigenvalue weighted by atomic mass is 10.6. The van der Waals surface area contributed by atoms with Crippen molar-refractivity contribution in [1.29, 1.82) is 0 Å². The van der Waals surface area contributed by atoms with Crippen LogP contribution in [-0.2, 0) is 10.1 Å². The van der Waals surface area contributed by atoms with E-state index in [0.717, 1.165) is 12.1 Å². The van der Waals surface area contributed by atoms with Crippen molar-refractivity contribution in [3.05, 3.63) is 22.2 Å². The molecular weight excluding hydrogens is 242 g/mol. The zero-order valence-corrected chi connectivity index (χ0v) is 8.36. The molecule has 0 saturated heterocycles. The van der Waals surface area contributed by atoms with Crippen molar-refractivity contribution in [2.45, 2.75) is 4.21 Å². The number of halogens is 1. The summed E-state index contributed by atoms with van der Waals surface area (Å²) in [5.41, 5.74) is 0. The molecule has 0 atom stereocenters. The minimum absolute atomic E-state index is 0. The minimum atomic E-state index is -4.30. The van der Waals surface area contributed by atoms with Crippen LogP contribution in [0.1, 0.15) is 0 Å². The van der Waals surface area contributed by atoms with Gasteiger partial charge in [-0.05, 0) is 17.4 Å². The molecule has 74 valence electrons. The summed E-state index contributed by atoms with van der Waals surface area (Å²) < 4.78 is 28.8. The van der Waals surface area contributed by atoms with Gasteiger partial charge in [-0.3, -0.25) is 14.7 Å². The van der Waals surface area contributed by atoms with Crippen LogP contribution in [-0.4, -0.2) is 17.9 Å². The molecule has 0 bridgehead atoms. The Balaban J connectivity index is 0.00000144. The van der Waals surface area contributed by atoms with Gasteiger partial charge in [0.15, 0.2) is 4.21 Å². The summed E-state index contributed by atoms with van der Waals surface area (Å²) >= 11 is 0.411. The van der Waals surface area contributed by atoms with Gasteiger partial charge in [-0.1, -0.05) is 0 Å². The number of nitrogens with zero attached hydrogens (tertiary/aromatic N) is 1. The Morgan fingerprint density at radius 1 is 1.46 bits per heavy atom. The van der Waals surface area contributed by atoms with E-state index < -0.39 is 19.3 Å². The predicted octanol–water partition coefficient (Wildman–Crippen LogP) is 1.32. The lowest BCUT2D eigenvalue weighted by Crippen LogP contribution is -1.93. The molecule has 0 unspecified atom stereocenters. The Morgan fingerprint density at radius 3 is 2.23 bits per heavy atom. The van der Waals surface area contributed by atoms with E-state index in [2.05, 4.69) is 0 Å². The molecule has 0 aromatic carbocycles. The van der Waals surface area contributed by atoms with Crippen molar-refractivity contribution in [2.75, 3.05) is 0 Å². The van der Waals surface area contributed by atoms with Gasteiger partial charge in [0, 0.05) is 6.07 Å². The number of hydrogen-bond acceptors (Lipinski definition) is 5. The molecule has 9 heteroatoms. The smallest absolute Gasteiger partial charge is 0.281 e. The molecule has 0 aliphatic rings. The van der Waals surface area contributed by atoms with Crippen molar-refractivity contribution >= 4 is 38.9 Å². The van der Waals surface area contributed by atoms with Crippen LogP contribution < -0.4 is 0 Å². The number of hydrogen-bond donors (Lipinski definition) is 1. The number of thiophene rings is 1. The number of nitro groups is 1. The number of rotatable bonds is 2. The van der Waals surface area contributed by atoms with Crippen LogP contribution in [0.3, 0.4) is 0 Å². The van der Waals surface area contributed by atoms with Gasteiger partial charge < -0.3 is 0 Å². The van der Waals surface area contributed by atoms with Gasteiger partial charge in [-0.2, -0.15) is 8.42 Å². The molecule has 13 heavy (non-hydrogen) atoms. The third-order valence-corrected chi connectivity index (χ3v) is 3.36. The molecule has 1 aromatic heterocycles. The molecule has 0 spiro atoms. The zero-order chi connectivity index (χ0) is 9.35. The Bertz CT molecular complexity index is 410. The van der Waals surface area contributed by atoms with Crippen molar-refractivity contribution in [3.63, 3.8) is 0 Å². The van der Waals surface area contributed by atoms with Gasteiger partial charge in [0.05, 0.1) is 4.92 Å². The normalized spacial score (nSPS) is 10.5. The van der Waals surface area contributed by atoms with Gasteiger partial charge in [-0.25, -0.2) is 0 Å². The van der Waals surface area contributed by atoms with Crippen LogP contribution in [0.15, 0.2) is 16.3 Å². The van der Waals surface area contributed by atoms with Crippen LogP contribution >= 0.6 is 23.7 Å². The Labute approximate surface area is 83.5 Å². The van der Waals surface area contributed by atoms with E-state index in [9.17, 15) is 18.5 Å². The molecular formula is C4H4ClNO5S2. The van der Waals surface area contributed by atoms with Crippen molar-refractivity contribution < 1.29 is 17.9 Å².